The molecule has 2 aliphatic heterocycles. The molecule has 2 aromatic carbocycles. The largest absolute Gasteiger partial charge is 0.486 e. The number of unbranched alkanes of at least 4 members (excludes halogenated alkanes) is 1. The maximum atomic E-state index is 13.8. The van der Waals surface area contributed by atoms with Gasteiger partial charge in [0.25, 0.3) is 0 Å². The number of aryl methyl sites for hydroxylation is 1. The lowest BCUT2D eigenvalue weighted by atomic mass is 10.1. The number of anilines is 1. The standard InChI is InChI=1S/C30H36FN3O4/c1-20-7-10-24-25(32-20)11-12-27-28(24)37-23(19-36-27)18-34(29(35)38-30(2,3)4)15-6-5-14-33-16-13-21-8-9-22(31)17-26(21)33/h7-12,17,23H,5-6,13-16,18-19H2,1-4H3/t23-/m0/s1. The Morgan fingerprint density at radius 1 is 1.18 bits per heavy atom. The molecule has 1 amide bonds. The molecular weight excluding hydrogens is 485 g/mol. The number of hydrogen-bond acceptors (Lipinski definition) is 6. The van der Waals surface area contributed by atoms with Crippen LogP contribution in [0.25, 0.3) is 10.9 Å². The highest BCUT2D eigenvalue weighted by Crippen LogP contribution is 2.38. The Bertz CT molecular complexity index is 1320. The molecule has 0 aliphatic carbocycles. The van der Waals surface area contributed by atoms with Crippen molar-refractivity contribution < 1.29 is 23.4 Å². The van der Waals surface area contributed by atoms with Crippen molar-refractivity contribution in [1.82, 2.24) is 9.88 Å². The number of ether oxygens (including phenoxy) is 3. The minimum Gasteiger partial charge on any atom is -0.486 e. The van der Waals surface area contributed by atoms with Crippen LogP contribution in [0.4, 0.5) is 14.9 Å². The first-order valence-electron chi connectivity index (χ1n) is 13.4. The molecule has 3 heterocycles. The van der Waals surface area contributed by atoms with Gasteiger partial charge in [-0.25, -0.2) is 9.18 Å². The maximum absolute atomic E-state index is 13.8. The van der Waals surface area contributed by atoms with Gasteiger partial charge in [-0.05, 0) is 88.9 Å². The van der Waals surface area contributed by atoms with E-state index in [1.54, 1.807) is 11.0 Å². The molecule has 0 saturated heterocycles. The lowest BCUT2D eigenvalue weighted by Crippen LogP contribution is -2.46. The summed E-state index contributed by atoms with van der Waals surface area (Å²) in [6, 6.07) is 12.8. The van der Waals surface area contributed by atoms with Crippen LogP contribution in [0.15, 0.2) is 42.5 Å². The van der Waals surface area contributed by atoms with Crippen molar-refractivity contribution in [2.45, 2.75) is 58.7 Å². The van der Waals surface area contributed by atoms with Gasteiger partial charge in [0.15, 0.2) is 17.6 Å². The normalized spacial score (nSPS) is 16.4. The number of amides is 1. The van der Waals surface area contributed by atoms with Crippen LogP contribution in [-0.2, 0) is 11.2 Å². The zero-order chi connectivity index (χ0) is 26.9. The average Bonchev–Trinajstić information content (AvgIpc) is 3.26. The molecule has 2 aliphatic rings. The Morgan fingerprint density at radius 2 is 2.03 bits per heavy atom. The predicted molar refractivity (Wildman–Crippen MR) is 146 cm³/mol. The molecule has 0 radical (unpaired) electrons. The van der Waals surface area contributed by atoms with Crippen molar-refractivity contribution in [3.63, 3.8) is 0 Å². The van der Waals surface area contributed by atoms with Crippen LogP contribution >= 0.6 is 0 Å². The molecule has 0 N–H and O–H groups in total. The monoisotopic (exact) mass is 521 g/mol. The number of pyridine rings is 1. The third-order valence-corrected chi connectivity index (χ3v) is 6.86. The molecule has 0 spiro atoms. The number of halogens is 1. The van der Waals surface area contributed by atoms with Crippen molar-refractivity contribution in [1.29, 1.82) is 0 Å². The fourth-order valence-electron chi connectivity index (χ4n) is 5.05. The molecule has 0 fully saturated rings. The molecule has 8 heteroatoms. The molecule has 1 atom stereocenters. The van der Waals surface area contributed by atoms with Gasteiger partial charge in [-0.2, -0.15) is 0 Å². The number of carbonyl (C=O) groups is 1. The van der Waals surface area contributed by atoms with Gasteiger partial charge in [0.2, 0.25) is 0 Å². The SMILES string of the molecule is Cc1ccc2c3c(ccc2n1)OC[C@H](CN(CCCCN1CCc2ccc(F)cc21)C(=O)OC(C)(C)C)O3. The zero-order valence-corrected chi connectivity index (χ0v) is 22.6. The summed E-state index contributed by atoms with van der Waals surface area (Å²) in [5.41, 5.74) is 3.35. The Hall–Kier alpha value is -3.55. The van der Waals surface area contributed by atoms with E-state index in [1.807, 2.05) is 58.0 Å². The second-order valence-electron chi connectivity index (χ2n) is 11.1. The zero-order valence-electron chi connectivity index (χ0n) is 22.6. The molecule has 1 aromatic heterocycles. The van der Waals surface area contributed by atoms with E-state index in [2.05, 4.69) is 9.88 Å². The first-order chi connectivity index (χ1) is 18.2. The summed E-state index contributed by atoms with van der Waals surface area (Å²) < 4.78 is 31.9. The Labute approximate surface area is 223 Å². The fourth-order valence-corrected chi connectivity index (χ4v) is 5.05. The molecule has 38 heavy (non-hydrogen) atoms. The van der Waals surface area contributed by atoms with Crippen molar-refractivity contribution in [3.05, 3.63) is 59.5 Å². The van der Waals surface area contributed by atoms with E-state index in [0.29, 0.717) is 31.2 Å². The van der Waals surface area contributed by atoms with E-state index in [9.17, 15) is 9.18 Å². The second kappa shape index (κ2) is 10.7. The summed E-state index contributed by atoms with van der Waals surface area (Å²) in [5.74, 6) is 1.14. The third-order valence-electron chi connectivity index (χ3n) is 6.86. The molecule has 7 nitrogen and oxygen atoms in total. The lowest BCUT2D eigenvalue weighted by molar-refractivity contribution is 0.00834. The topological polar surface area (TPSA) is 64.1 Å². The molecule has 202 valence electrons. The summed E-state index contributed by atoms with van der Waals surface area (Å²) in [5, 5.41) is 0.893. The first kappa shape index (κ1) is 26.1. The number of carbonyl (C=O) groups excluding carboxylic acids is 1. The molecule has 5 rings (SSSR count). The van der Waals surface area contributed by atoms with Gasteiger partial charge in [-0.1, -0.05) is 6.07 Å². The van der Waals surface area contributed by atoms with Crippen LogP contribution in [0.5, 0.6) is 11.5 Å². The molecule has 0 unspecified atom stereocenters. The number of fused-ring (bicyclic) bond motifs is 4. The first-order valence-corrected chi connectivity index (χ1v) is 13.4. The van der Waals surface area contributed by atoms with Crippen LogP contribution in [0, 0.1) is 12.7 Å². The predicted octanol–water partition coefficient (Wildman–Crippen LogP) is 5.90. The van der Waals surface area contributed by atoms with Gasteiger partial charge < -0.3 is 24.0 Å². The molecule has 3 aromatic rings. The maximum Gasteiger partial charge on any atom is 0.410 e. The van der Waals surface area contributed by atoms with E-state index in [0.717, 1.165) is 54.6 Å². The average molecular weight is 522 g/mol. The van der Waals surface area contributed by atoms with Crippen LogP contribution in [0.3, 0.4) is 0 Å². The van der Waals surface area contributed by atoms with Crippen molar-refractivity contribution in [2.24, 2.45) is 0 Å². The molecule has 0 bridgehead atoms. The van der Waals surface area contributed by atoms with Crippen LogP contribution in [-0.4, -0.2) is 60.5 Å². The molecular formula is C30H36FN3O4. The Morgan fingerprint density at radius 3 is 2.84 bits per heavy atom. The fraction of sp³-hybridized carbons (Fsp3) is 0.467. The number of aromatic nitrogens is 1. The van der Waals surface area contributed by atoms with Crippen molar-refractivity contribution in [2.75, 3.05) is 37.7 Å². The van der Waals surface area contributed by atoms with Gasteiger partial charge in [0, 0.05) is 36.4 Å². The van der Waals surface area contributed by atoms with E-state index >= 15 is 0 Å². The number of hydrogen-bond donors (Lipinski definition) is 0. The van der Waals surface area contributed by atoms with Gasteiger partial charge in [0.1, 0.15) is 18.0 Å². The van der Waals surface area contributed by atoms with Crippen LogP contribution in [0.1, 0.15) is 44.9 Å². The van der Waals surface area contributed by atoms with Gasteiger partial charge in [0.05, 0.1) is 12.1 Å². The second-order valence-corrected chi connectivity index (χ2v) is 11.1. The van der Waals surface area contributed by atoms with E-state index in [4.69, 9.17) is 14.2 Å². The highest BCUT2D eigenvalue weighted by Gasteiger charge is 2.29. The Kier molecular flexibility index (Phi) is 7.32. The van der Waals surface area contributed by atoms with Gasteiger partial charge in [-0.3, -0.25) is 4.98 Å². The summed E-state index contributed by atoms with van der Waals surface area (Å²) >= 11 is 0. The van der Waals surface area contributed by atoms with Gasteiger partial charge in [-0.15, -0.1) is 0 Å². The summed E-state index contributed by atoms with van der Waals surface area (Å²) in [4.78, 5) is 21.7. The smallest absolute Gasteiger partial charge is 0.410 e. The number of rotatable bonds is 7. The number of nitrogens with zero attached hydrogens (tertiary/aromatic N) is 3. The van der Waals surface area contributed by atoms with E-state index in [1.165, 1.54) is 11.6 Å². The summed E-state index contributed by atoms with van der Waals surface area (Å²) in [6.45, 7) is 10.5. The van der Waals surface area contributed by atoms with E-state index < -0.39 is 5.60 Å². The highest BCUT2D eigenvalue weighted by molar-refractivity contribution is 5.88. The number of benzene rings is 2. The minimum absolute atomic E-state index is 0.207. The van der Waals surface area contributed by atoms with Crippen molar-refractivity contribution in [3.8, 4) is 11.5 Å². The molecule has 0 saturated carbocycles. The van der Waals surface area contributed by atoms with Crippen LogP contribution in [0.2, 0.25) is 0 Å². The van der Waals surface area contributed by atoms with Crippen LogP contribution < -0.4 is 14.4 Å². The third kappa shape index (κ3) is 5.95. The quantitative estimate of drug-likeness (QED) is 0.361. The summed E-state index contributed by atoms with van der Waals surface area (Å²) in [7, 11) is 0. The minimum atomic E-state index is -0.602. The summed E-state index contributed by atoms with van der Waals surface area (Å²) in [6.07, 6.45) is 1.89. The van der Waals surface area contributed by atoms with E-state index in [-0.39, 0.29) is 18.0 Å². The lowest BCUT2D eigenvalue weighted by Gasteiger charge is -2.33. The van der Waals surface area contributed by atoms with Crippen molar-refractivity contribution >= 4 is 22.7 Å². The van der Waals surface area contributed by atoms with Gasteiger partial charge >= 0.3 is 6.09 Å². The Balaban J connectivity index is 1.23. The highest BCUT2D eigenvalue weighted by atomic mass is 19.1.